The van der Waals surface area contributed by atoms with E-state index >= 15 is 0 Å². The third kappa shape index (κ3) is 0.729. The van der Waals surface area contributed by atoms with Gasteiger partial charge in [-0.25, -0.2) is 0 Å². The fourth-order valence-electron chi connectivity index (χ4n) is 0.406. The van der Waals surface area contributed by atoms with Crippen molar-refractivity contribution in [3.63, 3.8) is 0 Å². The Morgan fingerprint density at radius 2 is 2.12 bits per heavy atom. The van der Waals surface area contributed by atoms with Gasteiger partial charge in [-0.1, -0.05) is 0 Å². The number of allylic oxidation sites excluding steroid dienone is 4. The molecule has 2 nitrogen and oxygen atoms in total. The molecule has 0 bridgehead atoms. The van der Waals surface area contributed by atoms with E-state index in [1.165, 1.54) is 18.2 Å². The average Bonchev–Trinajstić information content (AvgIpc) is 1.77. The van der Waals surface area contributed by atoms with Gasteiger partial charge >= 0.3 is 0 Å². The van der Waals surface area contributed by atoms with Gasteiger partial charge in [0, 0.05) is 0 Å². The van der Waals surface area contributed by atoms with Crippen LogP contribution in [0.25, 0.3) is 0 Å². The van der Waals surface area contributed by atoms with Gasteiger partial charge in [0.25, 0.3) is 0 Å². The highest BCUT2D eigenvalue weighted by atomic mass is 16.2. The minimum atomic E-state index is -0.562. The first-order valence-corrected chi connectivity index (χ1v) is 2.15. The highest BCUT2D eigenvalue weighted by molar-refractivity contribution is 6.44. The molecule has 0 unspecified atom stereocenters. The summed E-state index contributed by atoms with van der Waals surface area (Å²) in [5, 5.41) is 0. The molecule has 0 fully saturated rings. The summed E-state index contributed by atoms with van der Waals surface area (Å²) in [5.74, 6) is -1.06. The number of Topliss-reactive ketones (excluding diaryl/α,β-unsaturated/α-hetero) is 1. The van der Waals surface area contributed by atoms with Gasteiger partial charge in [0.2, 0.25) is 0 Å². The van der Waals surface area contributed by atoms with Crippen LogP contribution in [0.4, 0.5) is 0 Å². The normalized spacial score (nSPS) is 17.5. The summed E-state index contributed by atoms with van der Waals surface area (Å²) in [7, 11) is 0. The molecule has 0 N–H and O–H groups in total. The Labute approximate surface area is 46.5 Å². The van der Waals surface area contributed by atoms with E-state index in [2.05, 4.69) is 6.08 Å². The summed E-state index contributed by atoms with van der Waals surface area (Å²) in [5.41, 5.74) is 0. The first-order valence-electron chi connectivity index (χ1n) is 2.15. The minimum absolute atomic E-state index is 0.493. The van der Waals surface area contributed by atoms with Crippen LogP contribution in [0.2, 0.25) is 0 Å². The maximum absolute atomic E-state index is 10.3. The summed E-state index contributed by atoms with van der Waals surface area (Å²) in [4.78, 5) is 20.5. The van der Waals surface area contributed by atoms with E-state index < -0.39 is 11.6 Å². The van der Waals surface area contributed by atoms with Crippen molar-refractivity contribution in [1.29, 1.82) is 0 Å². The van der Waals surface area contributed by atoms with Crippen LogP contribution in [0.5, 0.6) is 0 Å². The summed E-state index contributed by atoms with van der Waals surface area (Å²) in [6.45, 7) is 0. The highest BCUT2D eigenvalue weighted by Gasteiger charge is 1.95. The molecule has 0 spiro atoms. The van der Waals surface area contributed by atoms with Crippen LogP contribution in [0.3, 0.4) is 0 Å². The van der Waals surface area contributed by atoms with Crippen molar-refractivity contribution < 1.29 is 9.59 Å². The molecule has 0 saturated carbocycles. The van der Waals surface area contributed by atoms with Gasteiger partial charge in [-0.05, 0) is 0 Å². The predicted molar refractivity (Wildman–Crippen MR) is 27.0 cm³/mol. The van der Waals surface area contributed by atoms with E-state index in [-0.39, 0.29) is 0 Å². The maximum Gasteiger partial charge on any atom is 0.113 e. The van der Waals surface area contributed by atoms with Crippen molar-refractivity contribution in [2.75, 3.05) is 0 Å². The van der Waals surface area contributed by atoms with Crippen LogP contribution in [-0.2, 0) is 9.59 Å². The number of hydrogen-bond acceptors (Lipinski definition) is 2. The number of rotatable bonds is 0. The Kier molecular flexibility index (Phi) is 1.08. The van der Waals surface area contributed by atoms with Crippen molar-refractivity contribution in [3.05, 3.63) is 24.3 Å². The summed E-state index contributed by atoms with van der Waals surface area (Å²) >= 11 is 0. The van der Waals surface area contributed by atoms with Crippen LogP contribution >= 0.6 is 0 Å². The largest absolute Gasteiger partial charge is 0.363 e. The molecular weight excluding hydrogens is 104 g/mol. The summed E-state index contributed by atoms with van der Waals surface area (Å²) in [6, 6.07) is 0. The molecule has 0 aromatic heterocycles. The fourth-order valence-corrected chi connectivity index (χ4v) is 0.406. The second-order valence-electron chi connectivity index (χ2n) is 1.36. The van der Waals surface area contributed by atoms with Crippen molar-refractivity contribution >= 4 is 11.6 Å². The van der Waals surface area contributed by atoms with Crippen molar-refractivity contribution in [3.8, 4) is 0 Å². The van der Waals surface area contributed by atoms with Crippen LogP contribution in [0, 0.1) is 6.08 Å². The van der Waals surface area contributed by atoms with Crippen LogP contribution in [-0.4, -0.2) is 11.6 Å². The lowest BCUT2D eigenvalue weighted by Gasteiger charge is -1.99. The smallest absolute Gasteiger partial charge is 0.113 e. The lowest BCUT2D eigenvalue weighted by atomic mass is 10.1. The second kappa shape index (κ2) is 1.74. The Balaban J connectivity index is 2.89. The molecule has 8 heavy (non-hydrogen) atoms. The average molecular weight is 107 g/mol. The number of hydrogen-bond donors (Lipinski definition) is 0. The monoisotopic (exact) mass is 107 g/mol. The van der Waals surface area contributed by atoms with Gasteiger partial charge in [-0.2, -0.15) is 12.2 Å². The Morgan fingerprint density at radius 1 is 1.38 bits per heavy atom. The quantitative estimate of drug-likeness (QED) is 0.249. The lowest BCUT2D eigenvalue weighted by molar-refractivity contribution is -0.131. The lowest BCUT2D eigenvalue weighted by Crippen LogP contribution is -2.09. The van der Waals surface area contributed by atoms with Gasteiger partial charge < -0.3 is 9.59 Å². The standard InChI is InChI=1S/C6H3O2/c7-5-3-1-2-4-6(5)8/h1-3H/q-1. The Hall–Kier alpha value is -1.18. The molecule has 0 aliphatic heterocycles. The number of carbonyl (C=O) groups is 2. The zero-order valence-corrected chi connectivity index (χ0v) is 4.05. The first-order chi connectivity index (χ1) is 3.80. The SMILES string of the molecule is O=C1[C-]=CC=CC1=O. The molecule has 0 saturated heterocycles. The number of ketones is 2. The molecular formula is C6H3O2-. The second-order valence-corrected chi connectivity index (χ2v) is 1.36. The molecule has 2 heteroatoms. The van der Waals surface area contributed by atoms with Gasteiger partial charge in [0.05, 0.1) is 0 Å². The maximum atomic E-state index is 10.3. The Bertz CT molecular complexity index is 165. The molecule has 0 aromatic rings. The van der Waals surface area contributed by atoms with E-state index in [9.17, 15) is 9.59 Å². The molecule has 40 valence electrons. The molecule has 0 radical (unpaired) electrons. The zero-order valence-electron chi connectivity index (χ0n) is 4.05. The van der Waals surface area contributed by atoms with E-state index in [0.717, 1.165) is 0 Å². The van der Waals surface area contributed by atoms with Crippen LogP contribution in [0.15, 0.2) is 18.2 Å². The van der Waals surface area contributed by atoms with Crippen LogP contribution in [0.1, 0.15) is 0 Å². The van der Waals surface area contributed by atoms with Crippen LogP contribution < -0.4 is 0 Å². The molecule has 0 amide bonds. The van der Waals surface area contributed by atoms with Crippen molar-refractivity contribution in [2.24, 2.45) is 0 Å². The first kappa shape index (κ1) is 4.97. The van der Waals surface area contributed by atoms with E-state index in [1.807, 2.05) is 0 Å². The topological polar surface area (TPSA) is 34.1 Å². The molecule has 0 atom stereocenters. The summed E-state index contributed by atoms with van der Waals surface area (Å²) in [6.07, 6.45) is 6.36. The van der Waals surface area contributed by atoms with E-state index in [4.69, 9.17) is 0 Å². The van der Waals surface area contributed by atoms with Gasteiger partial charge in [-0.15, -0.1) is 12.2 Å². The molecule has 1 aliphatic rings. The highest BCUT2D eigenvalue weighted by Crippen LogP contribution is 1.89. The van der Waals surface area contributed by atoms with Crippen molar-refractivity contribution in [1.82, 2.24) is 0 Å². The molecule has 1 rings (SSSR count). The van der Waals surface area contributed by atoms with Gasteiger partial charge in [0.15, 0.2) is 0 Å². The Morgan fingerprint density at radius 3 is 2.50 bits per heavy atom. The predicted octanol–water partition coefficient (Wildman–Crippen LogP) is 0.0538. The van der Waals surface area contributed by atoms with E-state index in [0.29, 0.717) is 0 Å². The molecule has 0 heterocycles. The third-order valence-corrected chi connectivity index (χ3v) is 0.782. The van der Waals surface area contributed by atoms with Crippen molar-refractivity contribution in [2.45, 2.75) is 0 Å². The third-order valence-electron chi connectivity index (χ3n) is 0.782. The zero-order chi connectivity index (χ0) is 5.98. The van der Waals surface area contributed by atoms with Gasteiger partial charge in [0.1, 0.15) is 11.6 Å². The minimum Gasteiger partial charge on any atom is -0.363 e. The summed E-state index contributed by atoms with van der Waals surface area (Å²) < 4.78 is 0. The van der Waals surface area contributed by atoms with E-state index in [1.54, 1.807) is 0 Å². The van der Waals surface area contributed by atoms with Gasteiger partial charge in [-0.3, -0.25) is 0 Å². The number of carbonyl (C=O) groups excluding carboxylic acids is 2. The molecule has 0 aromatic carbocycles. The molecule has 1 aliphatic carbocycles. The fraction of sp³-hybridized carbons (Fsp3) is 0.